The van der Waals surface area contributed by atoms with E-state index in [0.29, 0.717) is 0 Å². The van der Waals surface area contributed by atoms with Gasteiger partial charge in [-0.2, -0.15) is 0 Å². The molecular weight excluding hydrogens is 418 g/mol. The lowest BCUT2D eigenvalue weighted by molar-refractivity contribution is 1.27. The molecule has 0 spiro atoms. The molecule has 5 heterocycles. The lowest BCUT2D eigenvalue weighted by Gasteiger charge is -2.08. The highest BCUT2D eigenvalue weighted by Gasteiger charge is 2.16. The van der Waals surface area contributed by atoms with Gasteiger partial charge in [-0.3, -0.25) is 9.38 Å². The summed E-state index contributed by atoms with van der Waals surface area (Å²) >= 11 is 3.78. The third-order valence-electron chi connectivity index (χ3n) is 6.35. The van der Waals surface area contributed by atoms with Crippen LogP contribution in [0.5, 0.6) is 0 Å². The number of thiophene rings is 2. The highest BCUT2D eigenvalue weighted by Crippen LogP contribution is 2.45. The topological polar surface area (TPSA) is 30.2 Å². The van der Waals surface area contributed by atoms with Crippen LogP contribution >= 0.6 is 22.7 Å². The highest BCUT2D eigenvalue weighted by molar-refractivity contribution is 7.29. The number of aromatic nitrogens is 3. The van der Waals surface area contributed by atoms with Crippen LogP contribution in [0.25, 0.3) is 67.7 Å². The van der Waals surface area contributed by atoms with Gasteiger partial charge >= 0.3 is 0 Å². The zero-order valence-corrected chi connectivity index (χ0v) is 17.8. The molecule has 0 N–H and O–H groups in total. The maximum Gasteiger partial charge on any atom is 0.145 e. The Labute approximate surface area is 183 Å². The minimum atomic E-state index is 0.983. The monoisotopic (exact) mass is 431 g/mol. The summed E-state index contributed by atoms with van der Waals surface area (Å²) in [5.41, 5.74) is 2.16. The summed E-state index contributed by atoms with van der Waals surface area (Å²) in [4.78, 5) is 9.05. The largest absolute Gasteiger partial charge is 0.299 e. The SMILES string of the molecule is c1ccc2c(c1)sc1ccc3c4cc5c6cnccc6c6nccn6c5cc4sc3c12. The minimum absolute atomic E-state index is 0.983. The van der Waals surface area contributed by atoms with Gasteiger partial charge in [0.2, 0.25) is 0 Å². The van der Waals surface area contributed by atoms with E-state index in [1.54, 1.807) is 0 Å². The fourth-order valence-electron chi connectivity index (χ4n) is 4.99. The van der Waals surface area contributed by atoms with Crippen molar-refractivity contribution >= 4 is 90.3 Å². The Morgan fingerprint density at radius 2 is 1.65 bits per heavy atom. The van der Waals surface area contributed by atoms with Crippen LogP contribution in [0.15, 0.2) is 79.4 Å². The van der Waals surface area contributed by atoms with Gasteiger partial charge in [0, 0.05) is 81.3 Å². The fourth-order valence-corrected chi connectivity index (χ4v) is 7.45. The maximum absolute atomic E-state index is 4.63. The second-order valence-electron chi connectivity index (χ2n) is 7.92. The Hall–Kier alpha value is -3.54. The van der Waals surface area contributed by atoms with E-state index in [2.05, 4.69) is 75.2 Å². The van der Waals surface area contributed by atoms with E-state index < -0.39 is 0 Å². The van der Waals surface area contributed by atoms with Crippen LogP contribution in [0.2, 0.25) is 0 Å². The summed E-state index contributed by atoms with van der Waals surface area (Å²) in [6.07, 6.45) is 7.75. The molecule has 5 heteroatoms. The van der Waals surface area contributed by atoms with Crippen molar-refractivity contribution in [2.45, 2.75) is 0 Å². The first-order valence-corrected chi connectivity index (χ1v) is 11.8. The number of pyridine rings is 2. The Balaban J connectivity index is 1.63. The number of fused-ring (bicyclic) bond motifs is 13. The van der Waals surface area contributed by atoms with Crippen molar-refractivity contribution in [3.63, 3.8) is 0 Å². The summed E-state index contributed by atoms with van der Waals surface area (Å²) in [5.74, 6) is 0. The van der Waals surface area contributed by atoms with Crippen molar-refractivity contribution in [2.24, 2.45) is 0 Å². The molecule has 5 aromatic heterocycles. The van der Waals surface area contributed by atoms with Gasteiger partial charge in [0.05, 0.1) is 5.52 Å². The van der Waals surface area contributed by atoms with Crippen molar-refractivity contribution < 1.29 is 0 Å². The molecule has 8 rings (SSSR count). The Kier molecular flexibility index (Phi) is 2.91. The summed E-state index contributed by atoms with van der Waals surface area (Å²) in [5, 5.41) is 8.90. The van der Waals surface area contributed by atoms with Crippen molar-refractivity contribution in [3.8, 4) is 0 Å². The van der Waals surface area contributed by atoms with Gasteiger partial charge in [0.15, 0.2) is 0 Å². The summed E-state index contributed by atoms with van der Waals surface area (Å²) < 4.78 is 7.60. The first-order chi connectivity index (χ1) is 15.4. The highest BCUT2D eigenvalue weighted by atomic mass is 32.1. The lowest BCUT2D eigenvalue weighted by atomic mass is 10.0. The predicted molar refractivity (Wildman–Crippen MR) is 134 cm³/mol. The number of hydrogen-bond acceptors (Lipinski definition) is 4. The molecule has 0 saturated heterocycles. The number of hydrogen-bond donors (Lipinski definition) is 0. The molecule has 0 fully saturated rings. The summed E-state index contributed by atoms with van der Waals surface area (Å²) in [6, 6.07) is 20.1. The molecule has 144 valence electrons. The molecule has 0 unspecified atom stereocenters. The van der Waals surface area contributed by atoms with Gasteiger partial charge in [-0.1, -0.05) is 24.3 Å². The summed E-state index contributed by atoms with van der Waals surface area (Å²) in [7, 11) is 0. The molecule has 0 aliphatic heterocycles. The molecule has 0 saturated carbocycles. The number of imidazole rings is 1. The normalized spacial score (nSPS) is 12.5. The van der Waals surface area contributed by atoms with E-state index in [4.69, 9.17) is 0 Å². The third-order valence-corrected chi connectivity index (χ3v) is 8.67. The molecule has 0 radical (unpaired) electrons. The number of benzene rings is 3. The standard InChI is InChI=1S/C26H13N3S2/c1-2-4-21-16(3-1)24-22(30-21)6-5-14-18-11-17-19-13-27-8-7-15(19)26-28-9-10-29(26)20(17)12-23(18)31-25(14)24/h1-13H. The quantitative estimate of drug-likeness (QED) is 0.230. The van der Waals surface area contributed by atoms with Gasteiger partial charge < -0.3 is 0 Å². The first kappa shape index (κ1) is 16.2. The zero-order valence-electron chi connectivity index (χ0n) is 16.2. The Morgan fingerprint density at radius 3 is 2.65 bits per heavy atom. The molecule has 8 aromatic rings. The van der Waals surface area contributed by atoms with Gasteiger partial charge in [-0.25, -0.2) is 4.98 Å². The van der Waals surface area contributed by atoms with E-state index >= 15 is 0 Å². The van der Waals surface area contributed by atoms with Crippen LogP contribution in [-0.2, 0) is 0 Å². The maximum atomic E-state index is 4.63. The number of rotatable bonds is 0. The van der Waals surface area contributed by atoms with E-state index in [0.717, 1.165) is 16.4 Å². The Morgan fingerprint density at radius 1 is 0.677 bits per heavy atom. The van der Waals surface area contributed by atoms with Gasteiger partial charge in [-0.15, -0.1) is 22.7 Å². The lowest BCUT2D eigenvalue weighted by Crippen LogP contribution is -1.90. The fraction of sp³-hybridized carbons (Fsp3) is 0. The minimum Gasteiger partial charge on any atom is -0.299 e. The molecular formula is C26H13N3S2. The van der Waals surface area contributed by atoms with Crippen molar-refractivity contribution in [3.05, 3.63) is 79.4 Å². The van der Waals surface area contributed by atoms with Crippen molar-refractivity contribution in [1.29, 1.82) is 0 Å². The molecule has 0 aliphatic carbocycles. The number of nitrogens with zero attached hydrogens (tertiary/aromatic N) is 3. The summed E-state index contributed by atoms with van der Waals surface area (Å²) in [6.45, 7) is 0. The van der Waals surface area contributed by atoms with E-state index in [-0.39, 0.29) is 0 Å². The molecule has 31 heavy (non-hydrogen) atoms. The van der Waals surface area contributed by atoms with Gasteiger partial charge in [0.1, 0.15) is 5.65 Å². The molecule has 0 amide bonds. The van der Waals surface area contributed by atoms with E-state index in [9.17, 15) is 0 Å². The molecule has 3 nitrogen and oxygen atoms in total. The second-order valence-corrected chi connectivity index (χ2v) is 10.1. The second kappa shape index (κ2) is 5.58. The average molecular weight is 432 g/mol. The first-order valence-electron chi connectivity index (χ1n) is 10.2. The molecule has 0 atom stereocenters. The zero-order chi connectivity index (χ0) is 20.1. The van der Waals surface area contributed by atoms with Crippen molar-refractivity contribution in [2.75, 3.05) is 0 Å². The van der Waals surface area contributed by atoms with Crippen LogP contribution in [-0.4, -0.2) is 14.4 Å². The predicted octanol–water partition coefficient (Wildman–Crippen LogP) is 7.77. The third kappa shape index (κ3) is 1.98. The molecule has 0 bridgehead atoms. The Bertz CT molecular complexity index is 2010. The van der Waals surface area contributed by atoms with Crippen LogP contribution in [0.1, 0.15) is 0 Å². The van der Waals surface area contributed by atoms with E-state index in [1.165, 1.54) is 51.2 Å². The van der Waals surface area contributed by atoms with E-state index in [1.807, 2.05) is 41.3 Å². The van der Waals surface area contributed by atoms with Crippen LogP contribution in [0, 0.1) is 0 Å². The molecule has 0 aliphatic rings. The smallest absolute Gasteiger partial charge is 0.145 e. The van der Waals surface area contributed by atoms with Gasteiger partial charge in [0.25, 0.3) is 0 Å². The van der Waals surface area contributed by atoms with Crippen LogP contribution in [0.3, 0.4) is 0 Å². The van der Waals surface area contributed by atoms with Crippen LogP contribution < -0.4 is 0 Å². The average Bonchev–Trinajstić information content (AvgIpc) is 3.52. The van der Waals surface area contributed by atoms with Gasteiger partial charge in [-0.05, 0) is 30.3 Å². The molecule has 3 aromatic carbocycles. The van der Waals surface area contributed by atoms with Crippen molar-refractivity contribution in [1.82, 2.24) is 14.4 Å². The van der Waals surface area contributed by atoms with Crippen LogP contribution in [0.4, 0.5) is 0 Å².